The summed E-state index contributed by atoms with van der Waals surface area (Å²) in [5.74, 6) is 0.752. The van der Waals surface area contributed by atoms with E-state index in [9.17, 15) is 0 Å². The molecule has 1 saturated carbocycles. The molecule has 2 rings (SSSR count). The van der Waals surface area contributed by atoms with Crippen LogP contribution in [0.2, 0.25) is 0 Å². The van der Waals surface area contributed by atoms with Crippen LogP contribution in [0.1, 0.15) is 59.8 Å². The highest BCUT2D eigenvalue weighted by atomic mass is 15.2. The van der Waals surface area contributed by atoms with Gasteiger partial charge < -0.3 is 5.32 Å². The molecule has 0 bridgehead atoms. The number of rotatable bonds is 4. The van der Waals surface area contributed by atoms with E-state index in [0.29, 0.717) is 11.5 Å². The van der Waals surface area contributed by atoms with Crippen molar-refractivity contribution in [3.8, 4) is 0 Å². The molecule has 1 aliphatic heterocycles. The summed E-state index contributed by atoms with van der Waals surface area (Å²) in [5.41, 5.74) is 0.603. The Morgan fingerprint density at radius 3 is 2.50 bits per heavy atom. The van der Waals surface area contributed by atoms with E-state index in [-0.39, 0.29) is 0 Å². The zero-order chi connectivity index (χ0) is 13.2. The normalized spacial score (nSPS) is 33.2. The van der Waals surface area contributed by atoms with Gasteiger partial charge in [-0.1, -0.05) is 40.5 Å². The maximum atomic E-state index is 3.75. The van der Waals surface area contributed by atoms with Crippen LogP contribution in [0, 0.1) is 11.3 Å². The van der Waals surface area contributed by atoms with E-state index in [0.717, 1.165) is 12.0 Å². The number of piperazine rings is 1. The minimum absolute atomic E-state index is 0.603. The number of nitrogens with zero attached hydrogens (tertiary/aromatic N) is 1. The van der Waals surface area contributed by atoms with E-state index in [4.69, 9.17) is 0 Å². The van der Waals surface area contributed by atoms with Crippen LogP contribution in [0.5, 0.6) is 0 Å². The Kier molecular flexibility index (Phi) is 4.71. The van der Waals surface area contributed by atoms with E-state index in [2.05, 4.69) is 37.9 Å². The Morgan fingerprint density at radius 1 is 1.28 bits per heavy atom. The maximum absolute atomic E-state index is 3.75. The summed E-state index contributed by atoms with van der Waals surface area (Å²) in [4.78, 5) is 2.80. The molecule has 106 valence electrons. The molecule has 0 aromatic carbocycles. The number of hydrogen-bond donors (Lipinski definition) is 1. The zero-order valence-corrected chi connectivity index (χ0v) is 12.8. The van der Waals surface area contributed by atoms with Gasteiger partial charge in [0.05, 0.1) is 0 Å². The SMILES string of the molecule is CCC1CNC(C(C)C)CN1CC1(C)CCCC1. The first-order valence-corrected chi connectivity index (χ1v) is 8.01. The van der Waals surface area contributed by atoms with E-state index in [1.165, 1.54) is 51.7 Å². The van der Waals surface area contributed by atoms with Crippen molar-refractivity contribution in [1.82, 2.24) is 10.2 Å². The number of nitrogens with one attached hydrogen (secondary N) is 1. The van der Waals surface area contributed by atoms with Gasteiger partial charge in [-0.3, -0.25) is 4.90 Å². The lowest BCUT2D eigenvalue weighted by atomic mass is 9.86. The molecule has 1 heterocycles. The van der Waals surface area contributed by atoms with Crippen molar-refractivity contribution in [2.75, 3.05) is 19.6 Å². The van der Waals surface area contributed by atoms with Crippen LogP contribution in [-0.2, 0) is 0 Å². The lowest BCUT2D eigenvalue weighted by Gasteiger charge is -2.45. The Balaban J connectivity index is 1.97. The highest BCUT2D eigenvalue weighted by molar-refractivity contribution is 4.91. The Morgan fingerprint density at radius 2 is 1.94 bits per heavy atom. The predicted octanol–water partition coefficient (Wildman–Crippen LogP) is 3.28. The van der Waals surface area contributed by atoms with E-state index in [1.54, 1.807) is 0 Å². The summed E-state index contributed by atoms with van der Waals surface area (Å²) >= 11 is 0. The highest BCUT2D eigenvalue weighted by Gasteiger charge is 2.35. The average molecular weight is 252 g/mol. The van der Waals surface area contributed by atoms with Crippen molar-refractivity contribution in [3.63, 3.8) is 0 Å². The predicted molar refractivity (Wildman–Crippen MR) is 78.9 cm³/mol. The summed E-state index contributed by atoms with van der Waals surface area (Å²) in [6, 6.07) is 1.45. The summed E-state index contributed by atoms with van der Waals surface area (Å²) in [6.45, 7) is 13.3. The summed E-state index contributed by atoms with van der Waals surface area (Å²) in [7, 11) is 0. The van der Waals surface area contributed by atoms with Gasteiger partial charge in [0.1, 0.15) is 0 Å². The molecule has 0 radical (unpaired) electrons. The van der Waals surface area contributed by atoms with Gasteiger partial charge in [0.2, 0.25) is 0 Å². The Labute approximate surface area is 114 Å². The van der Waals surface area contributed by atoms with Crippen LogP contribution in [0.25, 0.3) is 0 Å². The standard InChI is InChI=1S/C16H32N2/c1-5-14-10-17-15(13(2)3)11-18(14)12-16(4)8-6-7-9-16/h13-15,17H,5-12H2,1-4H3. The van der Waals surface area contributed by atoms with E-state index < -0.39 is 0 Å². The van der Waals surface area contributed by atoms with E-state index >= 15 is 0 Å². The van der Waals surface area contributed by atoms with E-state index in [1.807, 2.05) is 0 Å². The van der Waals surface area contributed by atoms with Crippen LogP contribution >= 0.6 is 0 Å². The zero-order valence-electron chi connectivity index (χ0n) is 12.8. The van der Waals surface area contributed by atoms with Gasteiger partial charge >= 0.3 is 0 Å². The van der Waals surface area contributed by atoms with Crippen LogP contribution in [0.4, 0.5) is 0 Å². The van der Waals surface area contributed by atoms with Crippen molar-refractivity contribution in [2.24, 2.45) is 11.3 Å². The molecule has 0 amide bonds. The van der Waals surface area contributed by atoms with Gasteiger partial charge in [-0.15, -0.1) is 0 Å². The molecule has 0 aromatic rings. The molecule has 2 heteroatoms. The van der Waals surface area contributed by atoms with Crippen molar-refractivity contribution >= 4 is 0 Å². The minimum Gasteiger partial charge on any atom is -0.311 e. The molecule has 0 aromatic heterocycles. The summed E-state index contributed by atoms with van der Waals surface area (Å²) in [5, 5.41) is 3.75. The first-order valence-electron chi connectivity index (χ1n) is 8.01. The van der Waals surface area contributed by atoms with Crippen molar-refractivity contribution in [2.45, 2.75) is 71.9 Å². The maximum Gasteiger partial charge on any atom is 0.0219 e. The van der Waals surface area contributed by atoms with Crippen LogP contribution in [-0.4, -0.2) is 36.6 Å². The second-order valence-corrected chi connectivity index (χ2v) is 7.27. The molecule has 1 N–H and O–H groups in total. The van der Waals surface area contributed by atoms with Gasteiger partial charge in [-0.25, -0.2) is 0 Å². The quantitative estimate of drug-likeness (QED) is 0.826. The summed E-state index contributed by atoms with van der Waals surface area (Å²) in [6.07, 6.45) is 7.08. The molecule has 18 heavy (non-hydrogen) atoms. The molecular weight excluding hydrogens is 220 g/mol. The van der Waals surface area contributed by atoms with Crippen LogP contribution in [0.3, 0.4) is 0 Å². The smallest absolute Gasteiger partial charge is 0.0219 e. The highest BCUT2D eigenvalue weighted by Crippen LogP contribution is 2.39. The monoisotopic (exact) mass is 252 g/mol. The van der Waals surface area contributed by atoms with Crippen molar-refractivity contribution in [3.05, 3.63) is 0 Å². The fraction of sp³-hybridized carbons (Fsp3) is 1.00. The van der Waals surface area contributed by atoms with Crippen molar-refractivity contribution in [1.29, 1.82) is 0 Å². The topological polar surface area (TPSA) is 15.3 Å². The van der Waals surface area contributed by atoms with Gasteiger partial charge in [-0.2, -0.15) is 0 Å². The first-order chi connectivity index (χ1) is 8.54. The third kappa shape index (κ3) is 3.27. The number of hydrogen-bond acceptors (Lipinski definition) is 2. The average Bonchev–Trinajstić information content (AvgIpc) is 2.75. The molecule has 1 saturated heterocycles. The fourth-order valence-corrected chi connectivity index (χ4v) is 3.80. The molecule has 0 spiro atoms. The molecule has 2 atom stereocenters. The lowest BCUT2D eigenvalue weighted by molar-refractivity contribution is 0.0668. The van der Waals surface area contributed by atoms with Gasteiger partial charge in [0.15, 0.2) is 0 Å². The molecule has 2 unspecified atom stereocenters. The Hall–Kier alpha value is -0.0800. The van der Waals surface area contributed by atoms with Gasteiger partial charge in [-0.05, 0) is 30.6 Å². The van der Waals surface area contributed by atoms with Crippen LogP contribution in [0.15, 0.2) is 0 Å². The first kappa shape index (κ1) is 14.3. The second-order valence-electron chi connectivity index (χ2n) is 7.27. The molecule has 2 nitrogen and oxygen atoms in total. The molecule has 2 aliphatic rings. The van der Waals surface area contributed by atoms with Gasteiger partial charge in [0, 0.05) is 31.7 Å². The largest absolute Gasteiger partial charge is 0.311 e. The van der Waals surface area contributed by atoms with Gasteiger partial charge in [0.25, 0.3) is 0 Å². The molecule has 1 aliphatic carbocycles. The second kappa shape index (κ2) is 5.92. The molecule has 2 fully saturated rings. The minimum atomic E-state index is 0.603. The van der Waals surface area contributed by atoms with Crippen LogP contribution < -0.4 is 5.32 Å². The summed E-state index contributed by atoms with van der Waals surface area (Å²) < 4.78 is 0. The third-order valence-electron chi connectivity index (χ3n) is 5.23. The van der Waals surface area contributed by atoms with Crippen molar-refractivity contribution < 1.29 is 0 Å². The molecular formula is C16H32N2. The Bertz CT molecular complexity index is 256. The third-order valence-corrected chi connectivity index (χ3v) is 5.23. The lowest BCUT2D eigenvalue weighted by Crippen LogP contribution is -2.59. The fourth-order valence-electron chi connectivity index (χ4n) is 3.80.